The summed E-state index contributed by atoms with van der Waals surface area (Å²) in [5.74, 6) is -0.151. The van der Waals surface area contributed by atoms with Gasteiger partial charge in [-0.15, -0.1) is 6.42 Å². The number of anilines is 1. The number of esters is 1. The molecule has 5 fully saturated rings. The maximum absolute atomic E-state index is 17.5. The zero-order chi connectivity index (χ0) is 43.5. The summed E-state index contributed by atoms with van der Waals surface area (Å²) in [5, 5.41) is -1.60. The van der Waals surface area contributed by atoms with E-state index in [1.165, 1.54) is 25.1 Å². The van der Waals surface area contributed by atoms with E-state index in [2.05, 4.69) is 20.8 Å². The summed E-state index contributed by atoms with van der Waals surface area (Å²) in [4.78, 5) is 63.2. The molecule has 0 aliphatic carbocycles. The predicted molar refractivity (Wildman–Crippen MR) is 222 cm³/mol. The Bertz CT molecular complexity index is 2440. The fourth-order valence-corrected chi connectivity index (χ4v) is 9.51. The third kappa shape index (κ3) is 7.80. The van der Waals surface area contributed by atoms with Crippen LogP contribution in [0.2, 0.25) is 5.15 Å². The van der Waals surface area contributed by atoms with E-state index >= 15 is 8.78 Å². The van der Waals surface area contributed by atoms with Gasteiger partial charge in [-0.1, -0.05) is 37.4 Å². The molecule has 21 heteroatoms. The maximum atomic E-state index is 17.5. The van der Waals surface area contributed by atoms with Gasteiger partial charge in [-0.05, 0) is 68.8 Å². The molecule has 0 saturated carbocycles. The number of halogens is 3. The monoisotopic (exact) mass is 874 g/mol. The number of benzene rings is 2. The third-order valence-corrected chi connectivity index (χ3v) is 12.5. The van der Waals surface area contributed by atoms with Crippen LogP contribution in [0.3, 0.4) is 0 Å². The Morgan fingerprint density at radius 1 is 1.07 bits per heavy atom. The van der Waals surface area contributed by atoms with Crippen molar-refractivity contribution in [2.24, 2.45) is 5.92 Å². The molecule has 4 radical (unpaired) electrons. The van der Waals surface area contributed by atoms with Crippen LogP contribution < -0.4 is 14.4 Å². The van der Waals surface area contributed by atoms with Crippen LogP contribution in [0, 0.1) is 29.9 Å². The molecule has 3 unspecified atom stereocenters. The molecule has 2 N–H and O–H groups in total. The van der Waals surface area contributed by atoms with Crippen LogP contribution >= 0.6 is 20.2 Å². The molecule has 0 spiro atoms. The van der Waals surface area contributed by atoms with Gasteiger partial charge in [-0.25, -0.2) is 18.6 Å². The highest BCUT2D eigenvalue weighted by Crippen LogP contribution is 2.47. The van der Waals surface area contributed by atoms with Crippen molar-refractivity contribution in [2.75, 3.05) is 37.9 Å². The van der Waals surface area contributed by atoms with Crippen LogP contribution in [0.1, 0.15) is 58.4 Å². The number of pyridine rings is 1. The molecule has 316 valence electrons. The molecule has 7 heterocycles. The van der Waals surface area contributed by atoms with Gasteiger partial charge < -0.3 is 33.6 Å². The number of terminal acetylenes is 1. The molecule has 4 aromatic rings. The molecule has 5 aliphatic rings. The van der Waals surface area contributed by atoms with Gasteiger partial charge in [0.05, 0.1) is 29.0 Å². The van der Waals surface area contributed by atoms with Gasteiger partial charge in [0.25, 0.3) is 0 Å². The molecular formula is C40H40B2ClF2N6O9P. The number of ether oxygens (including phenoxy) is 4. The normalized spacial score (nSPS) is 20.1. The highest BCUT2D eigenvalue weighted by atomic mass is 35.5. The molecule has 9 rings (SSSR count). The van der Waals surface area contributed by atoms with E-state index in [0.717, 1.165) is 32.0 Å². The first kappa shape index (κ1) is 43.1. The lowest BCUT2D eigenvalue weighted by molar-refractivity contribution is -0.171. The smallest absolute Gasteiger partial charge is 0.413 e. The first-order valence-corrected chi connectivity index (χ1v) is 21.3. The number of piperidine rings is 1. The van der Waals surface area contributed by atoms with Gasteiger partial charge in [0.2, 0.25) is 6.29 Å². The van der Waals surface area contributed by atoms with Crippen LogP contribution in [0.15, 0.2) is 24.3 Å². The number of hydrogen-bond donors (Lipinski definition) is 2. The molecule has 3 atom stereocenters. The molecule has 1 amide bonds. The van der Waals surface area contributed by atoms with Crippen LogP contribution in [-0.4, -0.2) is 125 Å². The van der Waals surface area contributed by atoms with Gasteiger partial charge in [0, 0.05) is 41.9 Å². The Labute approximate surface area is 358 Å². The number of carbonyl (C=O) groups excluding carboxylic acids is 2. The SMILES string of the molecule is [B]C([B])(Oc1nc(N2CC3CC(C2)N3C(=O)OC(C)OC(=O)C(C)C)c2c(Cl)nc(-c3cc(OCOP(O)O)cc4ccc(F)c(C#C)c34)c(F)c2n1)C12CCCN1CCC2. The highest BCUT2D eigenvalue weighted by molar-refractivity contribution is 7.39. The molecule has 5 aliphatic heterocycles. The lowest BCUT2D eigenvalue weighted by atomic mass is 9.53. The zero-order valence-corrected chi connectivity index (χ0v) is 35.1. The number of amides is 1. The number of fused-ring (bicyclic) bond motifs is 5. The third-order valence-electron chi connectivity index (χ3n) is 11.9. The Morgan fingerprint density at radius 3 is 2.43 bits per heavy atom. The van der Waals surface area contributed by atoms with Crippen LogP contribution in [0.5, 0.6) is 11.8 Å². The average molecular weight is 875 g/mol. The standard InChI is InChI=1S/C40H40B2ClF2N6O9P/c1-5-26-28(44)9-8-22-14-25(56-19-57-61(54)55)16-27(29(22)26)32-31(45)33-30(34(43)46-32)35(48-37(47-33)60-40(41,42)39-10-6-12-50(39)13-7-11-39)49-17-23-15-24(18-49)51(23)38(53)59-21(4)58-36(52)20(2)3/h1,8-9,14,16,20-21,23-24,54-55H,6-7,10-13,15,17-19H2,2-4H3. The zero-order valence-electron chi connectivity index (χ0n) is 33.4. The van der Waals surface area contributed by atoms with Gasteiger partial charge in [-0.2, -0.15) is 9.97 Å². The Kier molecular flexibility index (Phi) is 11.7. The van der Waals surface area contributed by atoms with Crippen molar-refractivity contribution in [1.29, 1.82) is 0 Å². The average Bonchev–Trinajstić information content (AvgIpc) is 3.82. The second-order valence-electron chi connectivity index (χ2n) is 15.9. The first-order chi connectivity index (χ1) is 29.0. The van der Waals surface area contributed by atoms with Crippen molar-refractivity contribution in [2.45, 2.75) is 82.2 Å². The molecular weight excluding hydrogens is 835 g/mol. The largest absolute Gasteiger partial charge is 0.475 e. The fraction of sp³-hybridized carbons (Fsp3) is 0.475. The Balaban J connectivity index is 1.22. The minimum Gasteiger partial charge on any atom is -0.475 e. The quantitative estimate of drug-likeness (QED) is 0.0472. The second kappa shape index (κ2) is 16.6. The number of nitrogens with zero attached hydrogens (tertiary/aromatic N) is 6. The molecule has 2 bridgehead atoms. The minimum absolute atomic E-state index is 0.00814. The van der Waals surface area contributed by atoms with Crippen LogP contribution in [0.25, 0.3) is 32.9 Å². The summed E-state index contributed by atoms with van der Waals surface area (Å²) < 4.78 is 60.2. The lowest BCUT2D eigenvalue weighted by Crippen LogP contribution is -2.70. The van der Waals surface area contributed by atoms with Crippen molar-refractivity contribution in [1.82, 2.24) is 24.8 Å². The molecule has 2 aromatic heterocycles. The van der Waals surface area contributed by atoms with Crippen molar-refractivity contribution in [3.05, 3.63) is 46.6 Å². The van der Waals surface area contributed by atoms with Crippen molar-refractivity contribution in [3.63, 3.8) is 0 Å². The van der Waals surface area contributed by atoms with Gasteiger partial charge >= 0.3 is 26.7 Å². The first-order valence-electron chi connectivity index (χ1n) is 19.7. The van der Waals surface area contributed by atoms with E-state index in [1.807, 2.05) is 4.90 Å². The number of rotatable bonds is 12. The summed E-state index contributed by atoms with van der Waals surface area (Å²) in [7, 11) is 10.9. The van der Waals surface area contributed by atoms with Crippen molar-refractivity contribution >= 4 is 75.5 Å². The second-order valence-corrected chi connectivity index (χ2v) is 17.0. The molecule has 15 nitrogen and oxygen atoms in total. The fourth-order valence-electron chi connectivity index (χ4n) is 9.11. The van der Waals surface area contributed by atoms with Crippen LogP contribution in [-0.2, 0) is 18.8 Å². The summed E-state index contributed by atoms with van der Waals surface area (Å²) in [6, 6.07) is 4.30. The Hall–Kier alpha value is -4.56. The van der Waals surface area contributed by atoms with Crippen molar-refractivity contribution < 1.29 is 51.6 Å². The Morgan fingerprint density at radius 2 is 1.77 bits per heavy atom. The highest BCUT2D eigenvalue weighted by Gasteiger charge is 2.55. The molecule has 5 saturated heterocycles. The van der Waals surface area contributed by atoms with E-state index in [0.29, 0.717) is 24.6 Å². The van der Waals surface area contributed by atoms with Gasteiger partial charge in [0.15, 0.2) is 12.6 Å². The lowest BCUT2D eigenvalue weighted by Gasteiger charge is -2.55. The number of aromatic nitrogens is 3. The van der Waals surface area contributed by atoms with Gasteiger partial charge in [0.1, 0.15) is 49.4 Å². The van der Waals surface area contributed by atoms with Crippen molar-refractivity contribution in [3.8, 4) is 35.4 Å². The number of carbonyl (C=O) groups is 2. The topological polar surface area (TPSA) is 169 Å². The van der Waals surface area contributed by atoms with E-state index in [-0.39, 0.29) is 81.0 Å². The summed E-state index contributed by atoms with van der Waals surface area (Å²) in [6.45, 7) is 6.17. The van der Waals surface area contributed by atoms with E-state index < -0.39 is 62.2 Å². The predicted octanol–water partition coefficient (Wildman–Crippen LogP) is 5.27. The van der Waals surface area contributed by atoms with Gasteiger partial charge in [-0.3, -0.25) is 19.1 Å². The van der Waals surface area contributed by atoms with E-state index in [1.54, 1.807) is 18.7 Å². The van der Waals surface area contributed by atoms with E-state index in [9.17, 15) is 19.4 Å². The minimum atomic E-state index is -2.75. The number of piperazine rings is 1. The van der Waals surface area contributed by atoms with Crippen LogP contribution in [0.4, 0.5) is 19.4 Å². The molecule has 2 aromatic carbocycles. The summed E-state index contributed by atoms with van der Waals surface area (Å²) >= 11 is 7.01. The number of hydrogen-bond acceptors (Lipinski definition) is 14. The summed E-state index contributed by atoms with van der Waals surface area (Å²) in [5.41, 5.74) is -1.67. The maximum Gasteiger partial charge on any atom is 0.413 e. The summed E-state index contributed by atoms with van der Waals surface area (Å²) in [6.07, 6.45) is 7.65. The van der Waals surface area contributed by atoms with E-state index in [4.69, 9.17) is 62.2 Å². The molecule has 61 heavy (non-hydrogen) atoms.